The maximum atomic E-state index is 13.0. The maximum absolute atomic E-state index is 13.0. The highest BCUT2D eigenvalue weighted by atomic mass is 16.5. The molecule has 0 heterocycles. The van der Waals surface area contributed by atoms with Gasteiger partial charge in [-0.15, -0.1) is 0 Å². The number of aliphatic hydroxyl groups is 1. The van der Waals surface area contributed by atoms with Gasteiger partial charge in [-0.3, -0.25) is 24.0 Å². The van der Waals surface area contributed by atoms with E-state index in [0.717, 1.165) is 51.4 Å². The lowest BCUT2D eigenvalue weighted by atomic mass is 9.52. The van der Waals surface area contributed by atoms with Crippen molar-refractivity contribution < 1.29 is 33.8 Å². The van der Waals surface area contributed by atoms with Crippen molar-refractivity contribution in [2.75, 3.05) is 13.2 Å². The molecule has 0 amide bonds. The average Bonchev–Trinajstić information content (AvgIpc) is 3.55. The minimum Gasteiger partial charge on any atom is -0.458 e. The standard InChI is InChI=1S/C24H30O4.C22H28O3/c1-14-11-20-18-6-5-16-12-17(26)7-9-23(16,3)19(18)8-10-24(20,4)22(14)21(27)13-28-15(2)25;1-13-10-18-16-5-4-14-11-15(24)6-8-21(14,2)17(16)7-9-22(18,3)20(13)19(25)12-23/h7-9,12,14,18,20,22H,5-6,10-11,13H2,1-4H3;6-8,11,13,16,18,20,23H,4-5,9-10,12H2,1-3H3/t14-,18?,20?,22-,23+,24+;13-,16?,18?,20-,21+,22+/m11/s1. The molecule has 4 saturated carbocycles. The number of ketones is 4. The van der Waals surface area contributed by atoms with Crippen LogP contribution >= 0.6 is 0 Å². The van der Waals surface area contributed by atoms with Crippen LogP contribution in [-0.4, -0.2) is 47.4 Å². The van der Waals surface area contributed by atoms with Crippen molar-refractivity contribution in [2.45, 2.75) is 99.8 Å². The highest BCUT2D eigenvalue weighted by molar-refractivity contribution is 6.02. The van der Waals surface area contributed by atoms with Crippen molar-refractivity contribution in [3.05, 3.63) is 70.9 Å². The van der Waals surface area contributed by atoms with E-state index in [1.54, 1.807) is 12.2 Å². The van der Waals surface area contributed by atoms with Crippen molar-refractivity contribution in [3.63, 3.8) is 0 Å². The quantitative estimate of drug-likeness (QED) is 0.227. The van der Waals surface area contributed by atoms with E-state index in [-0.39, 0.29) is 69.8 Å². The summed E-state index contributed by atoms with van der Waals surface area (Å²) in [6.07, 6.45) is 23.9. The highest BCUT2D eigenvalue weighted by Gasteiger charge is 2.60. The minimum absolute atomic E-state index is 0.0140. The second-order valence-electron chi connectivity index (χ2n) is 18.7. The van der Waals surface area contributed by atoms with Crippen LogP contribution in [0.15, 0.2) is 70.9 Å². The number of Topliss-reactive ketones (excluding diaryl/α,β-unsaturated/α-hetero) is 2. The number of fused-ring (bicyclic) bond motifs is 10. The Morgan fingerprint density at radius 2 is 1.17 bits per heavy atom. The van der Waals surface area contributed by atoms with E-state index in [1.807, 2.05) is 12.2 Å². The van der Waals surface area contributed by atoms with Crippen LogP contribution in [0.3, 0.4) is 0 Å². The van der Waals surface area contributed by atoms with Crippen molar-refractivity contribution in [2.24, 2.45) is 69.0 Å². The number of carbonyl (C=O) groups excluding carboxylic acids is 5. The number of aliphatic hydroxyl groups excluding tert-OH is 1. The van der Waals surface area contributed by atoms with Gasteiger partial charge in [-0.1, -0.05) is 74.3 Å². The molecule has 0 aromatic heterocycles. The molecule has 0 aromatic rings. The number of carbonyl (C=O) groups is 5. The van der Waals surface area contributed by atoms with E-state index in [9.17, 15) is 29.1 Å². The molecule has 8 rings (SSSR count). The molecule has 0 spiro atoms. The van der Waals surface area contributed by atoms with Gasteiger partial charge in [0.25, 0.3) is 0 Å². The second-order valence-corrected chi connectivity index (χ2v) is 18.7. The Morgan fingerprint density at radius 3 is 1.58 bits per heavy atom. The lowest BCUT2D eigenvalue weighted by Gasteiger charge is -2.52. The Labute approximate surface area is 315 Å². The molecule has 4 fully saturated rings. The molecule has 8 aliphatic rings. The average molecular weight is 723 g/mol. The molecule has 0 aliphatic heterocycles. The van der Waals surface area contributed by atoms with Crippen molar-refractivity contribution in [1.29, 1.82) is 0 Å². The second kappa shape index (κ2) is 13.4. The molecular weight excluding hydrogens is 664 g/mol. The monoisotopic (exact) mass is 722 g/mol. The van der Waals surface area contributed by atoms with Gasteiger partial charge in [0.2, 0.25) is 0 Å². The molecule has 53 heavy (non-hydrogen) atoms. The molecule has 12 atom stereocenters. The van der Waals surface area contributed by atoms with Gasteiger partial charge >= 0.3 is 5.97 Å². The van der Waals surface area contributed by atoms with Gasteiger partial charge in [0.15, 0.2) is 23.1 Å². The Kier molecular flexibility index (Phi) is 9.56. The van der Waals surface area contributed by atoms with Crippen LogP contribution in [0.2, 0.25) is 0 Å². The molecular formula is C46H58O7. The molecule has 0 radical (unpaired) electrons. The van der Waals surface area contributed by atoms with Crippen molar-refractivity contribution in [3.8, 4) is 0 Å². The zero-order valence-corrected chi connectivity index (χ0v) is 32.7. The van der Waals surface area contributed by atoms with E-state index in [2.05, 4.69) is 65.8 Å². The Morgan fingerprint density at radius 1 is 0.736 bits per heavy atom. The first kappa shape index (κ1) is 37.8. The summed E-state index contributed by atoms with van der Waals surface area (Å²) in [4.78, 5) is 60.2. The molecule has 0 aromatic carbocycles. The first-order valence-corrected chi connectivity index (χ1v) is 20.1. The van der Waals surface area contributed by atoms with Crippen molar-refractivity contribution >= 4 is 29.1 Å². The zero-order chi connectivity index (χ0) is 38.2. The summed E-state index contributed by atoms with van der Waals surface area (Å²) in [5.74, 6) is 2.29. The van der Waals surface area contributed by atoms with Gasteiger partial charge in [-0.25, -0.2) is 0 Å². The van der Waals surface area contributed by atoms with Crippen molar-refractivity contribution in [1.82, 2.24) is 0 Å². The van der Waals surface area contributed by atoms with Gasteiger partial charge in [0, 0.05) is 29.6 Å². The number of esters is 1. The summed E-state index contributed by atoms with van der Waals surface area (Å²) in [5, 5.41) is 9.46. The summed E-state index contributed by atoms with van der Waals surface area (Å²) in [5.41, 5.74) is 4.98. The fourth-order valence-corrected chi connectivity index (χ4v) is 13.5. The van der Waals surface area contributed by atoms with Crippen LogP contribution in [0.5, 0.6) is 0 Å². The molecule has 0 saturated heterocycles. The van der Waals surface area contributed by atoms with Gasteiger partial charge in [-0.05, 0) is 136 Å². The van der Waals surface area contributed by atoms with Gasteiger partial charge < -0.3 is 9.84 Å². The summed E-state index contributed by atoms with van der Waals surface area (Å²) in [7, 11) is 0. The molecule has 0 bridgehead atoms. The van der Waals surface area contributed by atoms with Gasteiger partial charge in [-0.2, -0.15) is 0 Å². The third-order valence-electron chi connectivity index (χ3n) is 15.8. The Hall–Kier alpha value is -3.45. The largest absolute Gasteiger partial charge is 0.458 e. The lowest BCUT2D eigenvalue weighted by Crippen LogP contribution is -2.45. The summed E-state index contributed by atoms with van der Waals surface area (Å²) in [6, 6.07) is 0. The smallest absolute Gasteiger partial charge is 0.303 e. The molecule has 7 heteroatoms. The van der Waals surface area contributed by atoms with Crippen LogP contribution in [0.25, 0.3) is 0 Å². The SMILES string of the molecule is CC(=O)OCC(=O)[C@H]1[C@H](C)CC2C3CCC4=CC(=O)C=C[C@]4(C)C3=CC[C@@]21C.C[C@@H]1CC2C3CCC4=CC(=O)C=C[C@]4(C)C3=CC[C@]2(C)[C@H]1C(=O)CO. The molecule has 4 unspecified atom stereocenters. The van der Waals surface area contributed by atoms with Gasteiger partial charge in [0.05, 0.1) is 0 Å². The highest BCUT2D eigenvalue weighted by Crippen LogP contribution is 2.66. The molecule has 1 N–H and O–H groups in total. The molecule has 8 aliphatic carbocycles. The van der Waals surface area contributed by atoms with Crippen LogP contribution < -0.4 is 0 Å². The number of allylic oxidation sites excluding steroid dienone is 12. The van der Waals surface area contributed by atoms with Crippen LogP contribution in [0.1, 0.15) is 99.8 Å². The number of hydrogen-bond donors (Lipinski definition) is 1. The fourth-order valence-electron chi connectivity index (χ4n) is 13.5. The van der Waals surface area contributed by atoms with Crippen LogP contribution in [-0.2, 0) is 28.7 Å². The van der Waals surface area contributed by atoms with Crippen LogP contribution in [0, 0.1) is 69.0 Å². The molecule has 284 valence electrons. The summed E-state index contributed by atoms with van der Waals surface area (Å²) < 4.78 is 5.04. The first-order chi connectivity index (χ1) is 25.0. The van der Waals surface area contributed by atoms with Gasteiger partial charge in [0.1, 0.15) is 13.2 Å². The Bertz CT molecular complexity index is 1820. The van der Waals surface area contributed by atoms with Crippen LogP contribution in [0.4, 0.5) is 0 Å². The summed E-state index contributed by atoms with van der Waals surface area (Å²) >= 11 is 0. The lowest BCUT2D eigenvalue weighted by molar-refractivity contribution is -0.148. The number of rotatable bonds is 5. The first-order valence-electron chi connectivity index (χ1n) is 20.1. The van der Waals surface area contributed by atoms with E-state index < -0.39 is 5.97 Å². The maximum Gasteiger partial charge on any atom is 0.303 e. The zero-order valence-electron chi connectivity index (χ0n) is 32.7. The third kappa shape index (κ3) is 5.90. The van der Waals surface area contributed by atoms with E-state index >= 15 is 0 Å². The number of ether oxygens (including phenoxy) is 1. The molecule has 7 nitrogen and oxygen atoms in total. The normalized spacial score (nSPS) is 43.2. The fraction of sp³-hybridized carbons (Fsp3) is 0.630. The van der Waals surface area contributed by atoms with E-state index in [4.69, 9.17) is 4.74 Å². The van der Waals surface area contributed by atoms with E-state index in [0.29, 0.717) is 35.5 Å². The third-order valence-corrected chi connectivity index (χ3v) is 15.8. The topological polar surface area (TPSA) is 115 Å². The number of hydrogen-bond acceptors (Lipinski definition) is 7. The predicted molar refractivity (Wildman–Crippen MR) is 203 cm³/mol. The Balaban J connectivity index is 0.000000165. The van der Waals surface area contributed by atoms with E-state index in [1.165, 1.54) is 29.2 Å². The predicted octanol–water partition coefficient (Wildman–Crippen LogP) is 7.85. The summed E-state index contributed by atoms with van der Waals surface area (Å²) in [6.45, 7) is 14.3. The minimum atomic E-state index is -0.398.